The van der Waals surface area contributed by atoms with Gasteiger partial charge in [0.2, 0.25) is 0 Å². The van der Waals surface area contributed by atoms with Crippen LogP contribution in [-0.4, -0.2) is 23.8 Å². The van der Waals surface area contributed by atoms with Crippen molar-refractivity contribution < 1.29 is 0 Å². The molecule has 0 saturated carbocycles. The van der Waals surface area contributed by atoms with Gasteiger partial charge in [0.15, 0.2) is 17.5 Å². The Morgan fingerprint density at radius 2 is 1.00 bits per heavy atom. The summed E-state index contributed by atoms with van der Waals surface area (Å²) in [6.07, 6.45) is 2.19. The van der Waals surface area contributed by atoms with Gasteiger partial charge in [-0.25, -0.2) is 15.0 Å². The Kier molecular flexibility index (Phi) is 5.22. The minimum atomic E-state index is 0.652. The Bertz CT molecular complexity index is 2740. The Balaban J connectivity index is 1.43. The van der Waals surface area contributed by atoms with Crippen LogP contribution in [0.1, 0.15) is 0 Å². The van der Waals surface area contributed by atoms with Crippen LogP contribution in [-0.2, 0) is 0 Å². The van der Waals surface area contributed by atoms with Crippen molar-refractivity contribution in [1.82, 2.24) is 23.8 Å². The molecule has 5 nitrogen and oxygen atoms in total. The van der Waals surface area contributed by atoms with E-state index in [1.807, 2.05) is 36.4 Å². The molecule has 10 aromatic rings. The summed E-state index contributed by atoms with van der Waals surface area (Å²) >= 11 is 0. The number of nitrogens with zero attached hydrogens (tertiary/aromatic N) is 5. The second-order valence-electron chi connectivity index (χ2n) is 11.7. The lowest BCUT2D eigenvalue weighted by molar-refractivity contribution is 1.08. The van der Waals surface area contributed by atoms with Crippen molar-refractivity contribution in [3.63, 3.8) is 0 Å². The van der Waals surface area contributed by atoms with E-state index in [9.17, 15) is 0 Å². The third-order valence-corrected chi connectivity index (χ3v) is 9.14. The summed E-state index contributed by atoms with van der Waals surface area (Å²) in [5.41, 5.74) is 8.67. The smallest absolute Gasteiger partial charge is 0.164 e. The third kappa shape index (κ3) is 3.54. The summed E-state index contributed by atoms with van der Waals surface area (Å²) in [4.78, 5) is 15.3. The van der Waals surface area contributed by atoms with E-state index in [1.165, 1.54) is 21.7 Å². The Morgan fingerprint density at radius 3 is 1.74 bits per heavy atom. The maximum absolute atomic E-state index is 5.16. The fourth-order valence-corrected chi connectivity index (χ4v) is 7.15. The maximum Gasteiger partial charge on any atom is 0.164 e. The molecule has 0 aliphatic rings. The second-order valence-corrected chi connectivity index (χ2v) is 11.7. The Morgan fingerprint density at radius 1 is 0.391 bits per heavy atom. The van der Waals surface area contributed by atoms with Gasteiger partial charge < -0.3 is 8.80 Å². The number of hydrogen-bond donors (Lipinski definition) is 0. The molecule has 0 saturated heterocycles. The van der Waals surface area contributed by atoms with Crippen molar-refractivity contribution >= 4 is 54.5 Å². The van der Waals surface area contributed by atoms with Gasteiger partial charge in [-0.05, 0) is 30.3 Å². The average Bonchev–Trinajstić information content (AvgIpc) is 3.71. The summed E-state index contributed by atoms with van der Waals surface area (Å²) < 4.78 is 4.78. The first-order valence-corrected chi connectivity index (χ1v) is 15.5. The maximum atomic E-state index is 5.16. The van der Waals surface area contributed by atoms with Gasteiger partial charge in [-0.15, -0.1) is 0 Å². The topological polar surface area (TPSA) is 47.5 Å². The minimum absolute atomic E-state index is 0.652. The van der Waals surface area contributed by atoms with E-state index in [-0.39, 0.29) is 0 Å². The van der Waals surface area contributed by atoms with Gasteiger partial charge in [-0.1, -0.05) is 115 Å². The summed E-state index contributed by atoms with van der Waals surface area (Å²) in [6, 6.07) is 51.0. The van der Waals surface area contributed by atoms with Crippen LogP contribution < -0.4 is 0 Å². The van der Waals surface area contributed by atoms with Gasteiger partial charge in [-0.3, -0.25) is 0 Å². The summed E-state index contributed by atoms with van der Waals surface area (Å²) in [5.74, 6) is 1.96. The van der Waals surface area contributed by atoms with E-state index in [0.29, 0.717) is 17.5 Å². The number of hydrogen-bond acceptors (Lipinski definition) is 3. The van der Waals surface area contributed by atoms with Crippen molar-refractivity contribution in [2.24, 2.45) is 0 Å². The first kappa shape index (κ1) is 25.0. The lowest BCUT2D eigenvalue weighted by Crippen LogP contribution is -2.00. The van der Waals surface area contributed by atoms with E-state index >= 15 is 0 Å². The van der Waals surface area contributed by atoms with Crippen LogP contribution >= 0.6 is 0 Å². The molecule has 0 N–H and O–H groups in total. The fourth-order valence-electron chi connectivity index (χ4n) is 7.15. The largest absolute Gasteiger partial charge is 0.314 e. The molecule has 0 radical (unpaired) electrons. The monoisotopic (exact) mass is 587 g/mol. The Hall–Kier alpha value is -6.33. The van der Waals surface area contributed by atoms with Crippen molar-refractivity contribution in [2.45, 2.75) is 0 Å². The molecule has 10 rings (SSSR count). The van der Waals surface area contributed by atoms with E-state index < -0.39 is 0 Å². The van der Waals surface area contributed by atoms with Crippen LogP contribution in [0.2, 0.25) is 0 Å². The van der Waals surface area contributed by atoms with E-state index in [1.54, 1.807) is 0 Å². The van der Waals surface area contributed by atoms with Gasteiger partial charge >= 0.3 is 0 Å². The second kappa shape index (κ2) is 9.58. The molecule has 214 valence electrons. The molecule has 0 fully saturated rings. The molecule has 0 atom stereocenters. The highest BCUT2D eigenvalue weighted by Crippen LogP contribution is 2.42. The lowest BCUT2D eigenvalue weighted by atomic mass is 10.0. The third-order valence-electron chi connectivity index (χ3n) is 9.14. The highest BCUT2D eigenvalue weighted by Gasteiger charge is 2.21. The van der Waals surface area contributed by atoms with Crippen molar-refractivity contribution in [3.05, 3.63) is 152 Å². The lowest BCUT2D eigenvalue weighted by Gasteiger charge is -2.12. The van der Waals surface area contributed by atoms with Crippen molar-refractivity contribution in [1.29, 1.82) is 0 Å². The molecule has 6 aromatic carbocycles. The first-order valence-electron chi connectivity index (χ1n) is 15.5. The van der Waals surface area contributed by atoms with E-state index in [0.717, 1.165) is 49.5 Å². The van der Waals surface area contributed by atoms with Gasteiger partial charge in [0.05, 0.1) is 27.6 Å². The summed E-state index contributed by atoms with van der Waals surface area (Å²) in [7, 11) is 0. The predicted octanol–water partition coefficient (Wildman–Crippen LogP) is 9.99. The quantitative estimate of drug-likeness (QED) is 0.207. The fraction of sp³-hybridized carbons (Fsp3) is 0. The highest BCUT2D eigenvalue weighted by atomic mass is 15.0. The van der Waals surface area contributed by atoms with Crippen LogP contribution in [0.4, 0.5) is 0 Å². The normalized spacial score (nSPS) is 11.9. The van der Waals surface area contributed by atoms with E-state index in [2.05, 4.69) is 124 Å². The van der Waals surface area contributed by atoms with Crippen molar-refractivity contribution in [3.8, 4) is 34.2 Å². The summed E-state index contributed by atoms with van der Waals surface area (Å²) in [6.45, 7) is 0. The number of para-hydroxylation sites is 3. The standard InChI is InChI=1S/C41H25N5/c1-3-12-27(13-4-1)39-42-40(28-14-5-2-6-15-28)44-41(43-39)32-23-22-30-29-17-7-9-19-33(29)45-25-24-26-16-11-21-35(37(26)45)46-34-20-10-8-18-31(34)36(32)38(30)46/h1-25H. The van der Waals surface area contributed by atoms with Crippen LogP contribution in [0.3, 0.4) is 0 Å². The molecular weight excluding hydrogens is 562 g/mol. The number of fused-ring (bicyclic) bond motifs is 7. The van der Waals surface area contributed by atoms with Gasteiger partial charge in [0.25, 0.3) is 0 Å². The zero-order valence-corrected chi connectivity index (χ0v) is 24.7. The minimum Gasteiger partial charge on any atom is -0.314 e. The van der Waals surface area contributed by atoms with Crippen LogP contribution in [0.5, 0.6) is 0 Å². The molecule has 4 heterocycles. The van der Waals surface area contributed by atoms with Gasteiger partial charge in [0.1, 0.15) is 0 Å². The highest BCUT2D eigenvalue weighted by molar-refractivity contribution is 6.24. The number of rotatable bonds is 3. The first-order chi connectivity index (χ1) is 22.8. The van der Waals surface area contributed by atoms with Crippen LogP contribution in [0.15, 0.2) is 152 Å². The Labute approximate surface area is 263 Å². The summed E-state index contributed by atoms with van der Waals surface area (Å²) in [5, 5.41) is 5.84. The molecule has 0 amide bonds. The molecular formula is C41H25N5. The molecule has 4 aromatic heterocycles. The number of benzene rings is 6. The van der Waals surface area contributed by atoms with Gasteiger partial charge in [0, 0.05) is 49.8 Å². The molecule has 0 aliphatic carbocycles. The van der Waals surface area contributed by atoms with E-state index in [4.69, 9.17) is 15.0 Å². The van der Waals surface area contributed by atoms with Crippen LogP contribution in [0, 0.1) is 0 Å². The SMILES string of the molecule is c1ccc(-c2nc(-c3ccccc3)nc(-c3ccc4c5ccccc5n5ccc6cccc(c65)n5c6ccccc6c3c45)n2)cc1. The van der Waals surface area contributed by atoms with Crippen LogP contribution in [0.25, 0.3) is 88.7 Å². The number of aromatic nitrogens is 5. The van der Waals surface area contributed by atoms with Crippen molar-refractivity contribution in [2.75, 3.05) is 0 Å². The molecule has 0 bridgehead atoms. The average molecular weight is 588 g/mol. The zero-order chi connectivity index (χ0) is 30.2. The molecule has 5 heteroatoms. The molecule has 0 aliphatic heterocycles. The molecule has 0 spiro atoms. The molecule has 0 unspecified atom stereocenters. The zero-order valence-electron chi connectivity index (χ0n) is 24.7. The molecule has 46 heavy (non-hydrogen) atoms. The van der Waals surface area contributed by atoms with Gasteiger partial charge in [-0.2, -0.15) is 0 Å². The predicted molar refractivity (Wildman–Crippen MR) is 188 cm³/mol.